The molecule has 2 aromatic rings. The van der Waals surface area contributed by atoms with Crippen LogP contribution in [-0.4, -0.2) is 64.8 Å². The van der Waals surface area contributed by atoms with Crippen LogP contribution in [0.1, 0.15) is 51.0 Å². The zero-order valence-electron chi connectivity index (χ0n) is 21.1. The van der Waals surface area contributed by atoms with Crippen LogP contribution in [-0.2, 0) is 9.59 Å². The number of hydrogen-bond acceptors (Lipinski definition) is 5. The maximum atomic E-state index is 14.8. The number of pyridine rings is 1. The normalized spacial score (nSPS) is 28.1. The fourth-order valence-corrected chi connectivity index (χ4v) is 6.03. The largest absolute Gasteiger partial charge is 0.473 e. The molecular weight excluding hydrogens is 500 g/mol. The van der Waals surface area contributed by atoms with Crippen LogP contribution in [0.25, 0.3) is 0 Å². The maximum absolute atomic E-state index is 14.8. The molecule has 1 aromatic carbocycles. The van der Waals surface area contributed by atoms with E-state index in [2.05, 4.69) is 9.88 Å². The summed E-state index contributed by atoms with van der Waals surface area (Å²) in [5.74, 6) is -1.09. The lowest BCUT2D eigenvalue weighted by atomic mass is 9.89. The molecule has 3 heterocycles. The van der Waals surface area contributed by atoms with E-state index in [1.54, 1.807) is 12.1 Å². The van der Waals surface area contributed by atoms with E-state index in [1.807, 2.05) is 18.7 Å². The lowest BCUT2D eigenvalue weighted by Gasteiger charge is -2.44. The highest BCUT2D eigenvalue weighted by molar-refractivity contribution is 6.30. The van der Waals surface area contributed by atoms with E-state index in [1.165, 1.54) is 18.3 Å². The van der Waals surface area contributed by atoms with E-state index in [9.17, 15) is 18.4 Å². The summed E-state index contributed by atoms with van der Waals surface area (Å²) in [5.41, 5.74) is 0.155. The lowest BCUT2D eigenvalue weighted by molar-refractivity contribution is -0.141. The summed E-state index contributed by atoms with van der Waals surface area (Å²) < 4.78 is 34.6. The van der Waals surface area contributed by atoms with Crippen LogP contribution in [0.3, 0.4) is 0 Å². The second-order valence-electron chi connectivity index (χ2n) is 11.0. The summed E-state index contributed by atoms with van der Waals surface area (Å²) in [6, 6.07) is 6.69. The maximum Gasteiger partial charge on any atom is 0.228 e. The van der Waals surface area contributed by atoms with Gasteiger partial charge in [0.25, 0.3) is 0 Å². The van der Waals surface area contributed by atoms with Gasteiger partial charge in [0.2, 0.25) is 11.8 Å². The average Bonchev–Trinajstić information content (AvgIpc) is 3.48. The van der Waals surface area contributed by atoms with Gasteiger partial charge >= 0.3 is 0 Å². The molecule has 5 atom stereocenters. The monoisotopic (exact) mass is 531 g/mol. The van der Waals surface area contributed by atoms with Crippen molar-refractivity contribution in [3.8, 4) is 5.88 Å². The molecule has 3 aliphatic rings. The summed E-state index contributed by atoms with van der Waals surface area (Å²) in [7, 11) is 0. The van der Waals surface area contributed by atoms with Crippen molar-refractivity contribution in [3.05, 3.63) is 58.7 Å². The Bertz CT molecular complexity index is 1160. The standard InChI is InChI=1S/C28H32ClF2N3O3/c1-17(37-26-6-3-20(29)13-32-26)24-11-19(22-5-4-21(30)12-23(22)31)14-34(24)25-15-33(10-7-18(25)16-35)27(36)28(2)8-9-28/h3-6,12-13,16-19,24-25H,7-11,14-15H2,1-2H3. The van der Waals surface area contributed by atoms with E-state index >= 15 is 0 Å². The van der Waals surface area contributed by atoms with E-state index in [-0.39, 0.29) is 41.3 Å². The molecule has 5 unspecified atom stereocenters. The topological polar surface area (TPSA) is 62.7 Å². The number of amides is 1. The van der Waals surface area contributed by atoms with Gasteiger partial charge in [-0.05, 0) is 50.3 Å². The zero-order valence-corrected chi connectivity index (χ0v) is 21.8. The van der Waals surface area contributed by atoms with Gasteiger partial charge in [-0.25, -0.2) is 13.8 Å². The number of likely N-dealkylation sites (tertiary alicyclic amines) is 2. The first kappa shape index (κ1) is 26.0. The highest BCUT2D eigenvalue weighted by Crippen LogP contribution is 2.47. The minimum absolute atomic E-state index is 0.147. The number of carbonyl (C=O) groups excluding carboxylic acids is 2. The lowest BCUT2D eigenvalue weighted by Crippen LogP contribution is -2.58. The number of rotatable bonds is 7. The molecule has 0 spiro atoms. The first-order valence-electron chi connectivity index (χ1n) is 12.9. The number of aromatic nitrogens is 1. The molecule has 2 aliphatic heterocycles. The molecule has 5 rings (SSSR count). The minimum Gasteiger partial charge on any atom is -0.473 e. The summed E-state index contributed by atoms with van der Waals surface area (Å²) in [6.45, 7) is 5.41. The van der Waals surface area contributed by atoms with Crippen molar-refractivity contribution in [2.24, 2.45) is 11.3 Å². The first-order chi connectivity index (χ1) is 17.7. The summed E-state index contributed by atoms with van der Waals surface area (Å²) in [6.07, 6.45) is 5.08. The SMILES string of the molecule is CC(Oc1ccc(Cl)cn1)C1CC(c2ccc(F)cc2F)CN1C1CN(C(=O)C2(C)CC2)CCC1C=O. The molecular formula is C28H32ClF2N3O3. The molecule has 1 aromatic heterocycles. The number of piperidine rings is 1. The molecule has 1 aliphatic carbocycles. The quantitative estimate of drug-likeness (QED) is 0.478. The van der Waals surface area contributed by atoms with Crippen LogP contribution in [0.15, 0.2) is 36.5 Å². The highest BCUT2D eigenvalue weighted by atomic mass is 35.5. The Morgan fingerprint density at radius 1 is 1.24 bits per heavy atom. The van der Waals surface area contributed by atoms with Crippen LogP contribution >= 0.6 is 11.6 Å². The van der Waals surface area contributed by atoms with Crippen molar-refractivity contribution in [3.63, 3.8) is 0 Å². The van der Waals surface area contributed by atoms with Gasteiger partial charge in [-0.3, -0.25) is 9.69 Å². The van der Waals surface area contributed by atoms with Crippen molar-refractivity contribution in [2.75, 3.05) is 19.6 Å². The van der Waals surface area contributed by atoms with Crippen LogP contribution < -0.4 is 4.74 Å². The van der Waals surface area contributed by atoms with Gasteiger partial charge in [-0.2, -0.15) is 0 Å². The van der Waals surface area contributed by atoms with Crippen LogP contribution in [0.2, 0.25) is 5.02 Å². The zero-order chi connectivity index (χ0) is 26.3. The van der Waals surface area contributed by atoms with Gasteiger partial charge in [0.05, 0.1) is 5.02 Å². The average molecular weight is 532 g/mol. The summed E-state index contributed by atoms with van der Waals surface area (Å²) in [5, 5.41) is 0.500. The van der Waals surface area contributed by atoms with Crippen molar-refractivity contribution >= 4 is 23.8 Å². The number of ether oxygens (including phenoxy) is 1. The molecule has 0 radical (unpaired) electrons. The van der Waals surface area contributed by atoms with Crippen molar-refractivity contribution in [1.29, 1.82) is 0 Å². The second-order valence-corrected chi connectivity index (χ2v) is 11.4. The van der Waals surface area contributed by atoms with E-state index in [0.717, 1.165) is 25.2 Å². The predicted octanol–water partition coefficient (Wildman–Crippen LogP) is 4.85. The molecule has 1 amide bonds. The fourth-order valence-electron chi connectivity index (χ4n) is 5.92. The number of benzene rings is 1. The van der Waals surface area contributed by atoms with E-state index in [4.69, 9.17) is 16.3 Å². The molecule has 1 saturated carbocycles. The molecule has 9 heteroatoms. The Kier molecular flexibility index (Phi) is 7.24. The summed E-state index contributed by atoms with van der Waals surface area (Å²) in [4.78, 5) is 33.7. The highest BCUT2D eigenvalue weighted by Gasteiger charge is 2.50. The van der Waals surface area contributed by atoms with Crippen molar-refractivity contribution in [2.45, 2.75) is 63.6 Å². The van der Waals surface area contributed by atoms with Crippen LogP contribution in [0.5, 0.6) is 5.88 Å². The predicted molar refractivity (Wildman–Crippen MR) is 135 cm³/mol. The van der Waals surface area contributed by atoms with Gasteiger partial charge in [-0.1, -0.05) is 24.6 Å². The van der Waals surface area contributed by atoms with Gasteiger partial charge in [0, 0.05) is 67.3 Å². The Labute approximate surface area is 220 Å². The Hall–Kier alpha value is -2.58. The number of halogens is 3. The van der Waals surface area contributed by atoms with Crippen LogP contribution in [0, 0.1) is 23.0 Å². The third-order valence-electron chi connectivity index (χ3n) is 8.37. The number of aldehydes is 1. The Balaban J connectivity index is 1.43. The van der Waals surface area contributed by atoms with Gasteiger partial charge in [0.15, 0.2) is 0 Å². The molecule has 0 N–H and O–H groups in total. The molecule has 3 fully saturated rings. The molecule has 2 saturated heterocycles. The fraction of sp³-hybridized carbons (Fsp3) is 0.536. The van der Waals surface area contributed by atoms with Crippen LogP contribution in [0.4, 0.5) is 8.78 Å². The molecule has 6 nitrogen and oxygen atoms in total. The number of hydrogen-bond donors (Lipinski definition) is 0. The smallest absolute Gasteiger partial charge is 0.228 e. The van der Waals surface area contributed by atoms with Crippen molar-refractivity contribution < 1.29 is 23.1 Å². The van der Waals surface area contributed by atoms with E-state index in [0.29, 0.717) is 48.9 Å². The second kappa shape index (κ2) is 10.3. The number of nitrogens with zero attached hydrogens (tertiary/aromatic N) is 3. The molecule has 37 heavy (non-hydrogen) atoms. The third kappa shape index (κ3) is 5.36. The number of carbonyl (C=O) groups is 2. The molecule has 0 bridgehead atoms. The third-order valence-corrected chi connectivity index (χ3v) is 8.60. The first-order valence-corrected chi connectivity index (χ1v) is 13.3. The Morgan fingerprint density at radius 3 is 2.68 bits per heavy atom. The van der Waals surface area contributed by atoms with Crippen molar-refractivity contribution in [1.82, 2.24) is 14.8 Å². The van der Waals surface area contributed by atoms with Gasteiger partial charge in [0.1, 0.15) is 24.0 Å². The van der Waals surface area contributed by atoms with Gasteiger partial charge < -0.3 is 14.4 Å². The minimum atomic E-state index is -0.616. The van der Waals surface area contributed by atoms with E-state index < -0.39 is 11.6 Å². The van der Waals surface area contributed by atoms with Gasteiger partial charge in [-0.15, -0.1) is 0 Å². The Morgan fingerprint density at radius 2 is 2.03 bits per heavy atom. The molecule has 198 valence electrons. The summed E-state index contributed by atoms with van der Waals surface area (Å²) >= 11 is 5.97.